The standard InChI is InChI=1S/C13H15Cl2NO2/c14-10-5-9(6-11(15)8-10)7-12(13(17)18)16-3-1-2-4-16/h5-6,8,12H,1-4,7H2,(H,17,18)/t12-/m1/s1. The Labute approximate surface area is 116 Å². The van der Waals surface area contributed by atoms with E-state index in [0.29, 0.717) is 16.5 Å². The number of rotatable bonds is 4. The molecule has 98 valence electrons. The molecule has 0 unspecified atom stereocenters. The van der Waals surface area contributed by atoms with Crippen molar-refractivity contribution in [3.63, 3.8) is 0 Å². The molecule has 3 nitrogen and oxygen atoms in total. The van der Waals surface area contributed by atoms with Gasteiger partial charge in [-0.1, -0.05) is 23.2 Å². The molecule has 1 aromatic rings. The summed E-state index contributed by atoms with van der Waals surface area (Å²) < 4.78 is 0. The molecule has 0 radical (unpaired) electrons. The Kier molecular flexibility index (Phi) is 4.49. The Morgan fingerprint density at radius 3 is 2.28 bits per heavy atom. The molecule has 0 aromatic heterocycles. The van der Waals surface area contributed by atoms with Crippen LogP contribution in [0.4, 0.5) is 0 Å². The minimum Gasteiger partial charge on any atom is -0.480 e. The van der Waals surface area contributed by atoms with Gasteiger partial charge in [0.2, 0.25) is 0 Å². The molecule has 1 saturated heterocycles. The predicted octanol–water partition coefficient (Wildman–Crippen LogP) is 3.08. The zero-order valence-electron chi connectivity index (χ0n) is 9.90. The molecule has 1 atom stereocenters. The number of carboxylic acid groups (broad SMARTS) is 1. The third kappa shape index (κ3) is 3.37. The topological polar surface area (TPSA) is 40.5 Å². The first-order valence-corrected chi connectivity index (χ1v) is 6.73. The van der Waals surface area contributed by atoms with Crippen molar-refractivity contribution in [2.75, 3.05) is 13.1 Å². The first kappa shape index (κ1) is 13.7. The molecular weight excluding hydrogens is 273 g/mol. The first-order chi connectivity index (χ1) is 8.56. The van der Waals surface area contributed by atoms with Gasteiger partial charge in [0.05, 0.1) is 0 Å². The maximum absolute atomic E-state index is 11.4. The minimum atomic E-state index is -0.784. The fraction of sp³-hybridized carbons (Fsp3) is 0.462. The third-order valence-electron chi connectivity index (χ3n) is 3.22. The molecule has 5 heteroatoms. The van der Waals surface area contributed by atoms with E-state index in [1.54, 1.807) is 18.2 Å². The van der Waals surface area contributed by atoms with E-state index in [9.17, 15) is 9.90 Å². The van der Waals surface area contributed by atoms with Gasteiger partial charge in [-0.25, -0.2) is 0 Å². The number of carboxylic acids is 1. The molecule has 1 aromatic carbocycles. The predicted molar refractivity (Wildman–Crippen MR) is 72.4 cm³/mol. The Bertz CT molecular complexity index is 424. The number of likely N-dealkylation sites (tertiary alicyclic amines) is 1. The molecule has 1 fully saturated rings. The Hall–Kier alpha value is -0.770. The zero-order chi connectivity index (χ0) is 13.1. The van der Waals surface area contributed by atoms with Crippen LogP contribution < -0.4 is 0 Å². The van der Waals surface area contributed by atoms with Gasteiger partial charge in [-0.3, -0.25) is 9.69 Å². The van der Waals surface area contributed by atoms with E-state index in [2.05, 4.69) is 0 Å². The largest absolute Gasteiger partial charge is 0.480 e. The summed E-state index contributed by atoms with van der Waals surface area (Å²) in [5.74, 6) is -0.784. The van der Waals surface area contributed by atoms with Crippen molar-refractivity contribution in [1.29, 1.82) is 0 Å². The number of hydrogen-bond acceptors (Lipinski definition) is 2. The van der Waals surface area contributed by atoms with Crippen LogP contribution in [0.5, 0.6) is 0 Å². The molecule has 1 heterocycles. The Balaban J connectivity index is 2.15. The van der Waals surface area contributed by atoms with Crippen molar-refractivity contribution in [1.82, 2.24) is 4.90 Å². The van der Waals surface area contributed by atoms with Crippen molar-refractivity contribution in [3.05, 3.63) is 33.8 Å². The summed E-state index contributed by atoms with van der Waals surface area (Å²) in [5.41, 5.74) is 0.867. The number of nitrogens with zero attached hydrogens (tertiary/aromatic N) is 1. The van der Waals surface area contributed by atoms with Crippen molar-refractivity contribution in [3.8, 4) is 0 Å². The van der Waals surface area contributed by atoms with E-state index in [-0.39, 0.29) is 0 Å². The minimum absolute atomic E-state index is 0.440. The van der Waals surface area contributed by atoms with Crippen LogP contribution in [0.25, 0.3) is 0 Å². The summed E-state index contributed by atoms with van der Waals surface area (Å²) in [4.78, 5) is 13.4. The summed E-state index contributed by atoms with van der Waals surface area (Å²) in [5, 5.41) is 10.4. The zero-order valence-corrected chi connectivity index (χ0v) is 11.4. The fourth-order valence-corrected chi connectivity index (χ4v) is 2.95. The van der Waals surface area contributed by atoms with Crippen LogP contribution in [-0.2, 0) is 11.2 Å². The van der Waals surface area contributed by atoms with Gasteiger partial charge in [-0.05, 0) is 56.1 Å². The van der Waals surface area contributed by atoms with Crippen molar-refractivity contribution < 1.29 is 9.90 Å². The number of halogens is 2. The van der Waals surface area contributed by atoms with Crippen LogP contribution in [-0.4, -0.2) is 35.1 Å². The summed E-state index contributed by atoms with van der Waals surface area (Å²) in [6, 6.07) is 4.72. The molecule has 1 aliphatic heterocycles. The molecule has 1 aliphatic rings. The molecule has 0 saturated carbocycles. The van der Waals surface area contributed by atoms with Crippen LogP contribution in [0, 0.1) is 0 Å². The normalized spacial score (nSPS) is 17.9. The molecule has 0 bridgehead atoms. The lowest BCUT2D eigenvalue weighted by atomic mass is 10.0. The van der Waals surface area contributed by atoms with Gasteiger partial charge in [0, 0.05) is 10.0 Å². The lowest BCUT2D eigenvalue weighted by molar-refractivity contribution is -0.142. The average Bonchev–Trinajstić information content (AvgIpc) is 2.77. The maximum Gasteiger partial charge on any atom is 0.321 e. The molecule has 18 heavy (non-hydrogen) atoms. The van der Waals surface area contributed by atoms with Gasteiger partial charge in [-0.15, -0.1) is 0 Å². The molecular formula is C13H15Cl2NO2. The third-order valence-corrected chi connectivity index (χ3v) is 3.65. The van der Waals surface area contributed by atoms with Gasteiger partial charge in [0.1, 0.15) is 6.04 Å². The fourth-order valence-electron chi connectivity index (χ4n) is 2.38. The molecule has 0 spiro atoms. The second-order valence-electron chi connectivity index (χ2n) is 4.58. The summed E-state index contributed by atoms with van der Waals surface area (Å²) in [7, 11) is 0. The molecule has 2 rings (SSSR count). The Morgan fingerprint density at radius 1 is 1.22 bits per heavy atom. The second-order valence-corrected chi connectivity index (χ2v) is 5.45. The summed E-state index contributed by atoms with van der Waals surface area (Å²) in [6.45, 7) is 1.70. The SMILES string of the molecule is O=C(O)[C@@H](Cc1cc(Cl)cc(Cl)c1)N1CCCC1. The quantitative estimate of drug-likeness (QED) is 0.925. The molecule has 0 amide bonds. The summed E-state index contributed by atoms with van der Waals surface area (Å²) in [6.07, 6.45) is 2.58. The number of carbonyl (C=O) groups is 1. The summed E-state index contributed by atoms with van der Waals surface area (Å²) >= 11 is 11.9. The van der Waals surface area contributed by atoms with Gasteiger partial charge in [0.15, 0.2) is 0 Å². The van der Waals surface area contributed by atoms with E-state index >= 15 is 0 Å². The van der Waals surface area contributed by atoms with Gasteiger partial charge >= 0.3 is 5.97 Å². The van der Waals surface area contributed by atoms with Crippen LogP contribution in [0.1, 0.15) is 18.4 Å². The maximum atomic E-state index is 11.4. The van der Waals surface area contributed by atoms with E-state index in [1.165, 1.54) is 0 Å². The van der Waals surface area contributed by atoms with Crippen LogP contribution in [0.15, 0.2) is 18.2 Å². The van der Waals surface area contributed by atoms with E-state index in [1.807, 2.05) is 4.90 Å². The smallest absolute Gasteiger partial charge is 0.321 e. The van der Waals surface area contributed by atoms with Crippen LogP contribution in [0.2, 0.25) is 10.0 Å². The first-order valence-electron chi connectivity index (χ1n) is 5.98. The molecule has 0 aliphatic carbocycles. The monoisotopic (exact) mass is 287 g/mol. The van der Waals surface area contributed by atoms with E-state index < -0.39 is 12.0 Å². The van der Waals surface area contributed by atoms with Crippen LogP contribution >= 0.6 is 23.2 Å². The number of aliphatic carboxylic acids is 1. The van der Waals surface area contributed by atoms with Gasteiger partial charge in [0.25, 0.3) is 0 Å². The lowest BCUT2D eigenvalue weighted by Crippen LogP contribution is -2.40. The lowest BCUT2D eigenvalue weighted by Gasteiger charge is -2.23. The van der Waals surface area contributed by atoms with Crippen LogP contribution in [0.3, 0.4) is 0 Å². The number of hydrogen-bond donors (Lipinski definition) is 1. The Morgan fingerprint density at radius 2 is 1.78 bits per heavy atom. The van der Waals surface area contributed by atoms with Gasteiger partial charge < -0.3 is 5.11 Å². The van der Waals surface area contributed by atoms with E-state index in [0.717, 1.165) is 31.5 Å². The highest BCUT2D eigenvalue weighted by Gasteiger charge is 2.28. The highest BCUT2D eigenvalue weighted by molar-refractivity contribution is 6.34. The highest BCUT2D eigenvalue weighted by atomic mass is 35.5. The van der Waals surface area contributed by atoms with Crippen molar-refractivity contribution in [2.24, 2.45) is 0 Å². The second kappa shape index (κ2) is 5.91. The highest BCUT2D eigenvalue weighted by Crippen LogP contribution is 2.22. The van der Waals surface area contributed by atoms with Crippen molar-refractivity contribution >= 4 is 29.2 Å². The van der Waals surface area contributed by atoms with E-state index in [4.69, 9.17) is 23.2 Å². The van der Waals surface area contributed by atoms with Gasteiger partial charge in [-0.2, -0.15) is 0 Å². The van der Waals surface area contributed by atoms with Crippen molar-refractivity contribution in [2.45, 2.75) is 25.3 Å². The number of benzene rings is 1. The molecule has 1 N–H and O–H groups in total. The average molecular weight is 288 g/mol.